The van der Waals surface area contributed by atoms with Gasteiger partial charge in [0.2, 0.25) is 5.91 Å². The summed E-state index contributed by atoms with van der Waals surface area (Å²) in [6.45, 7) is 9.31. The van der Waals surface area contributed by atoms with E-state index < -0.39 is 0 Å². The van der Waals surface area contributed by atoms with E-state index >= 15 is 0 Å². The Balaban J connectivity index is 1.33. The van der Waals surface area contributed by atoms with E-state index in [0.29, 0.717) is 18.9 Å². The Bertz CT molecular complexity index is 2010. The van der Waals surface area contributed by atoms with Crippen molar-refractivity contribution in [3.63, 3.8) is 0 Å². The third kappa shape index (κ3) is 4.73. The summed E-state index contributed by atoms with van der Waals surface area (Å²) in [6.07, 6.45) is 0. The summed E-state index contributed by atoms with van der Waals surface area (Å²) in [5.74, 6) is 2.24. The number of H-pyrrole nitrogens is 1. The van der Waals surface area contributed by atoms with Crippen molar-refractivity contribution in [2.24, 2.45) is 0 Å². The fourth-order valence-electron chi connectivity index (χ4n) is 6.25. The Morgan fingerprint density at radius 3 is 2.63 bits per heavy atom. The van der Waals surface area contributed by atoms with Gasteiger partial charge in [-0.25, -0.2) is 9.97 Å². The number of rotatable bonds is 7. The standard InChI is InChI=1S/C33H33N7O3/c1-18-30(19(2)43-39-18)25-15-27-24(16-28(25)42-4)31-32(36-20(3)37-33(31)38-27)23-9-10-26(22-8-6-5-7-21(22)23)34-11-13-40-14-12-35-29(41)17-40/h5-10,15-16,34H,11-14,17H2,1-4H3,(H,35,41)(H,36,37,38). The highest BCUT2D eigenvalue weighted by molar-refractivity contribution is 6.16. The van der Waals surface area contributed by atoms with E-state index in [2.05, 4.69) is 74.2 Å². The highest BCUT2D eigenvalue weighted by Gasteiger charge is 2.22. The number of methoxy groups -OCH3 is 1. The molecule has 3 aromatic heterocycles. The van der Waals surface area contributed by atoms with Crippen LogP contribution in [0.2, 0.25) is 0 Å². The number of aromatic nitrogens is 4. The van der Waals surface area contributed by atoms with Gasteiger partial charge in [-0.3, -0.25) is 9.69 Å². The molecule has 0 saturated carbocycles. The van der Waals surface area contributed by atoms with Gasteiger partial charge in [0, 0.05) is 59.3 Å². The van der Waals surface area contributed by atoms with Crippen LogP contribution in [0.3, 0.4) is 0 Å². The molecule has 0 bridgehead atoms. The molecule has 4 heterocycles. The van der Waals surface area contributed by atoms with Crippen LogP contribution in [0.15, 0.2) is 53.1 Å². The maximum atomic E-state index is 11.8. The second kappa shape index (κ2) is 10.7. The summed E-state index contributed by atoms with van der Waals surface area (Å²) >= 11 is 0. The predicted molar refractivity (Wildman–Crippen MR) is 169 cm³/mol. The number of amides is 1. The summed E-state index contributed by atoms with van der Waals surface area (Å²) in [4.78, 5) is 27.3. The van der Waals surface area contributed by atoms with Gasteiger partial charge in [-0.05, 0) is 44.4 Å². The molecule has 0 aliphatic carbocycles. The van der Waals surface area contributed by atoms with E-state index in [9.17, 15) is 4.79 Å². The quantitative estimate of drug-likeness (QED) is 0.233. The number of hydrogen-bond donors (Lipinski definition) is 3. The molecule has 6 aromatic rings. The molecule has 0 radical (unpaired) electrons. The van der Waals surface area contributed by atoms with E-state index in [4.69, 9.17) is 19.2 Å². The average Bonchev–Trinajstić information content (AvgIpc) is 3.53. The fourth-order valence-corrected chi connectivity index (χ4v) is 6.25. The van der Waals surface area contributed by atoms with Gasteiger partial charge in [-0.2, -0.15) is 0 Å². The van der Waals surface area contributed by atoms with E-state index in [1.54, 1.807) is 7.11 Å². The van der Waals surface area contributed by atoms with Crippen LogP contribution in [0.4, 0.5) is 5.69 Å². The molecule has 1 amide bonds. The fraction of sp³-hybridized carbons (Fsp3) is 0.273. The van der Waals surface area contributed by atoms with Crippen molar-refractivity contribution in [3.8, 4) is 28.1 Å². The average molecular weight is 576 g/mol. The molecule has 3 aromatic carbocycles. The SMILES string of the molecule is COc1cc2c(cc1-c1c(C)noc1C)[nH]c1nc(C)nc(-c3ccc(NCCN4CCNC(=O)C4)c4ccccc34)c12. The molecule has 1 saturated heterocycles. The number of benzene rings is 3. The van der Waals surface area contributed by atoms with E-state index in [1.165, 1.54) is 0 Å². The first-order chi connectivity index (χ1) is 20.9. The Morgan fingerprint density at radius 2 is 1.86 bits per heavy atom. The number of fused-ring (bicyclic) bond motifs is 4. The second-order valence-electron chi connectivity index (χ2n) is 11.0. The van der Waals surface area contributed by atoms with Gasteiger partial charge in [0.1, 0.15) is 23.0 Å². The minimum atomic E-state index is 0.0855. The zero-order valence-corrected chi connectivity index (χ0v) is 24.7. The zero-order valence-electron chi connectivity index (χ0n) is 24.7. The monoisotopic (exact) mass is 575 g/mol. The molecular formula is C33H33N7O3. The highest BCUT2D eigenvalue weighted by atomic mass is 16.5. The number of aromatic amines is 1. The smallest absolute Gasteiger partial charge is 0.234 e. The van der Waals surface area contributed by atoms with Crippen LogP contribution in [0, 0.1) is 20.8 Å². The highest BCUT2D eigenvalue weighted by Crippen LogP contribution is 2.42. The molecule has 10 nitrogen and oxygen atoms in total. The van der Waals surface area contributed by atoms with Crippen LogP contribution in [-0.2, 0) is 4.79 Å². The molecule has 7 rings (SSSR count). The first kappa shape index (κ1) is 26.9. The van der Waals surface area contributed by atoms with Gasteiger partial charge < -0.3 is 24.9 Å². The molecule has 218 valence electrons. The third-order valence-electron chi connectivity index (χ3n) is 8.23. The van der Waals surface area contributed by atoms with E-state index in [-0.39, 0.29) is 5.91 Å². The normalized spacial score (nSPS) is 14.1. The minimum Gasteiger partial charge on any atom is -0.496 e. The van der Waals surface area contributed by atoms with Gasteiger partial charge in [-0.1, -0.05) is 35.5 Å². The summed E-state index contributed by atoms with van der Waals surface area (Å²) in [7, 11) is 1.68. The van der Waals surface area contributed by atoms with Crippen LogP contribution < -0.4 is 15.4 Å². The molecule has 3 N–H and O–H groups in total. The number of nitrogens with zero attached hydrogens (tertiary/aromatic N) is 4. The van der Waals surface area contributed by atoms with E-state index in [1.807, 2.05) is 20.8 Å². The topological polar surface area (TPSA) is 121 Å². The molecule has 0 spiro atoms. The summed E-state index contributed by atoms with van der Waals surface area (Å²) in [5.41, 5.74) is 7.29. The predicted octanol–water partition coefficient (Wildman–Crippen LogP) is 5.36. The number of carbonyl (C=O) groups is 1. The van der Waals surface area contributed by atoms with Gasteiger partial charge in [0.05, 0.1) is 36.0 Å². The maximum absolute atomic E-state index is 11.8. The first-order valence-corrected chi connectivity index (χ1v) is 14.5. The van der Waals surface area contributed by atoms with Crippen molar-refractivity contribution < 1.29 is 14.1 Å². The molecule has 1 aliphatic heterocycles. The molecule has 10 heteroatoms. The van der Waals surface area contributed by atoms with Crippen molar-refractivity contribution in [2.75, 3.05) is 45.2 Å². The van der Waals surface area contributed by atoms with E-state index in [0.717, 1.165) is 97.6 Å². The number of anilines is 1. The van der Waals surface area contributed by atoms with Gasteiger partial charge in [-0.15, -0.1) is 0 Å². The summed E-state index contributed by atoms with van der Waals surface area (Å²) in [6, 6.07) is 16.8. The van der Waals surface area contributed by atoms with Crippen LogP contribution in [0.5, 0.6) is 5.75 Å². The lowest BCUT2D eigenvalue weighted by Gasteiger charge is -2.26. The summed E-state index contributed by atoms with van der Waals surface area (Å²) in [5, 5.41) is 14.8. The third-order valence-corrected chi connectivity index (χ3v) is 8.23. The van der Waals surface area contributed by atoms with Crippen LogP contribution in [0.1, 0.15) is 17.3 Å². The van der Waals surface area contributed by atoms with Crippen molar-refractivity contribution in [1.29, 1.82) is 0 Å². The summed E-state index contributed by atoms with van der Waals surface area (Å²) < 4.78 is 11.4. The molecule has 43 heavy (non-hydrogen) atoms. The number of aryl methyl sites for hydroxylation is 3. The lowest BCUT2D eigenvalue weighted by Crippen LogP contribution is -2.48. The van der Waals surface area contributed by atoms with Gasteiger partial charge in [0.25, 0.3) is 0 Å². The number of ether oxygens (including phenoxy) is 1. The van der Waals surface area contributed by atoms with Crippen molar-refractivity contribution in [2.45, 2.75) is 20.8 Å². The largest absolute Gasteiger partial charge is 0.496 e. The van der Waals surface area contributed by atoms with Gasteiger partial charge >= 0.3 is 0 Å². The Morgan fingerprint density at radius 1 is 1.02 bits per heavy atom. The second-order valence-corrected chi connectivity index (χ2v) is 11.0. The van der Waals surface area contributed by atoms with Crippen molar-refractivity contribution in [1.82, 2.24) is 30.3 Å². The Hall–Kier alpha value is -4.96. The van der Waals surface area contributed by atoms with Crippen molar-refractivity contribution in [3.05, 3.63) is 65.8 Å². The van der Waals surface area contributed by atoms with Crippen LogP contribution in [0.25, 0.3) is 55.1 Å². The molecule has 1 fully saturated rings. The van der Waals surface area contributed by atoms with Crippen LogP contribution >= 0.6 is 0 Å². The lowest BCUT2D eigenvalue weighted by molar-refractivity contribution is -0.124. The first-order valence-electron chi connectivity index (χ1n) is 14.5. The molecule has 0 atom stereocenters. The molecule has 0 unspecified atom stereocenters. The maximum Gasteiger partial charge on any atom is 0.234 e. The molecular weight excluding hydrogens is 542 g/mol. The number of piperazine rings is 1. The minimum absolute atomic E-state index is 0.0855. The molecule has 1 aliphatic rings. The number of hydrogen-bond acceptors (Lipinski definition) is 8. The van der Waals surface area contributed by atoms with Crippen LogP contribution in [-0.4, -0.2) is 70.7 Å². The van der Waals surface area contributed by atoms with Crippen molar-refractivity contribution >= 4 is 44.3 Å². The Kier molecular flexibility index (Phi) is 6.70. The number of nitrogens with one attached hydrogen (secondary N) is 3. The lowest BCUT2D eigenvalue weighted by atomic mass is 9.97. The number of carbonyl (C=O) groups excluding carboxylic acids is 1. The van der Waals surface area contributed by atoms with Gasteiger partial charge in [0.15, 0.2) is 0 Å². The zero-order chi connectivity index (χ0) is 29.7. The Labute approximate surface area is 248 Å².